The summed E-state index contributed by atoms with van der Waals surface area (Å²) in [7, 11) is 0. The van der Waals surface area contributed by atoms with E-state index in [1.165, 1.54) is 0 Å². The van der Waals surface area contributed by atoms with Crippen LogP contribution in [-0.2, 0) is 24.4 Å². The van der Waals surface area contributed by atoms with Crippen LogP contribution in [0.25, 0.3) is 0 Å². The Morgan fingerprint density at radius 1 is 1.13 bits per heavy atom. The second-order valence-electron chi connectivity index (χ2n) is 7.83. The molecule has 0 spiro atoms. The van der Waals surface area contributed by atoms with Crippen molar-refractivity contribution in [2.24, 2.45) is 5.92 Å². The largest absolute Gasteiger partial charge is 0.347 e. The van der Waals surface area contributed by atoms with E-state index in [9.17, 15) is 9.59 Å². The summed E-state index contributed by atoms with van der Waals surface area (Å²) in [5, 5.41) is 10.9. The molecule has 1 N–H and O–H groups in total. The maximum atomic E-state index is 12.4. The maximum absolute atomic E-state index is 12.4. The molecule has 2 heterocycles. The third-order valence-electron chi connectivity index (χ3n) is 5.26. The van der Waals surface area contributed by atoms with E-state index in [0.717, 1.165) is 16.7 Å². The van der Waals surface area contributed by atoms with Gasteiger partial charge in [-0.05, 0) is 18.1 Å². The van der Waals surface area contributed by atoms with Crippen molar-refractivity contribution in [2.45, 2.75) is 33.0 Å². The minimum absolute atomic E-state index is 0.153. The smallest absolute Gasteiger partial charge is 0.273 e. The van der Waals surface area contributed by atoms with Crippen LogP contribution in [0, 0.1) is 12.8 Å². The van der Waals surface area contributed by atoms with Crippen molar-refractivity contribution in [1.82, 2.24) is 25.2 Å². The van der Waals surface area contributed by atoms with Gasteiger partial charge in [-0.25, -0.2) is 0 Å². The molecule has 4 rings (SSSR count). The number of benzene rings is 2. The molecule has 30 heavy (non-hydrogen) atoms. The minimum Gasteiger partial charge on any atom is -0.347 e. The van der Waals surface area contributed by atoms with Crippen LogP contribution in [0.5, 0.6) is 0 Å². The number of aromatic nitrogens is 3. The summed E-state index contributed by atoms with van der Waals surface area (Å²) in [6, 6.07) is 18.0. The van der Waals surface area contributed by atoms with Crippen molar-refractivity contribution in [3.8, 4) is 0 Å². The molecule has 1 aromatic heterocycles. The van der Waals surface area contributed by atoms with Crippen LogP contribution < -0.4 is 5.32 Å². The molecule has 1 fully saturated rings. The van der Waals surface area contributed by atoms with Gasteiger partial charge in [-0.3, -0.25) is 14.3 Å². The van der Waals surface area contributed by atoms with Gasteiger partial charge in [0.25, 0.3) is 5.91 Å². The molecule has 0 bridgehead atoms. The summed E-state index contributed by atoms with van der Waals surface area (Å²) in [5.74, 6) is 0.0576. The Morgan fingerprint density at radius 2 is 1.93 bits per heavy atom. The third-order valence-corrected chi connectivity index (χ3v) is 5.26. The van der Waals surface area contributed by atoms with Crippen LogP contribution in [0.15, 0.2) is 60.8 Å². The summed E-state index contributed by atoms with van der Waals surface area (Å²) in [5.41, 5.74) is 3.60. The van der Waals surface area contributed by atoms with Gasteiger partial charge in [0.05, 0.1) is 6.20 Å². The Hall–Kier alpha value is -3.48. The zero-order valence-corrected chi connectivity index (χ0v) is 17.0. The molecule has 0 aliphatic carbocycles. The van der Waals surface area contributed by atoms with E-state index in [4.69, 9.17) is 0 Å². The Labute approximate surface area is 175 Å². The average Bonchev–Trinajstić information content (AvgIpc) is 3.34. The fraction of sp³-hybridized carbons (Fsp3) is 0.304. The number of carbonyl (C=O) groups excluding carboxylic acids is 2. The molecule has 0 radical (unpaired) electrons. The molecule has 2 amide bonds. The van der Waals surface area contributed by atoms with Gasteiger partial charge in [-0.1, -0.05) is 65.4 Å². The first kappa shape index (κ1) is 19.8. The highest BCUT2D eigenvalue weighted by Crippen LogP contribution is 2.21. The first-order chi connectivity index (χ1) is 14.6. The molecule has 154 valence electrons. The van der Waals surface area contributed by atoms with Crippen LogP contribution >= 0.6 is 0 Å². The molecule has 7 nitrogen and oxygen atoms in total. The highest BCUT2D eigenvalue weighted by Gasteiger charge is 2.30. The van der Waals surface area contributed by atoms with Gasteiger partial charge in [0.2, 0.25) is 5.91 Å². The van der Waals surface area contributed by atoms with Crippen molar-refractivity contribution in [2.75, 3.05) is 6.54 Å². The third kappa shape index (κ3) is 4.92. The predicted molar refractivity (Wildman–Crippen MR) is 112 cm³/mol. The van der Waals surface area contributed by atoms with E-state index in [1.54, 1.807) is 10.9 Å². The number of nitrogens with one attached hydrogen (secondary N) is 1. The number of nitrogens with zero attached hydrogens (tertiary/aromatic N) is 4. The zero-order valence-electron chi connectivity index (χ0n) is 17.0. The van der Waals surface area contributed by atoms with Crippen molar-refractivity contribution in [1.29, 1.82) is 0 Å². The van der Waals surface area contributed by atoms with Gasteiger partial charge in [0.15, 0.2) is 5.69 Å². The number of rotatable bonds is 7. The van der Waals surface area contributed by atoms with Crippen LogP contribution in [0.4, 0.5) is 0 Å². The summed E-state index contributed by atoms with van der Waals surface area (Å²) >= 11 is 0. The van der Waals surface area contributed by atoms with Gasteiger partial charge >= 0.3 is 0 Å². The molecular weight excluding hydrogens is 378 g/mol. The van der Waals surface area contributed by atoms with E-state index in [1.807, 2.05) is 66.4 Å². The normalized spacial score (nSPS) is 16.1. The average molecular weight is 403 g/mol. The lowest BCUT2D eigenvalue weighted by molar-refractivity contribution is -0.128. The number of carbonyl (C=O) groups is 2. The summed E-state index contributed by atoms with van der Waals surface area (Å²) < 4.78 is 1.66. The van der Waals surface area contributed by atoms with E-state index in [-0.39, 0.29) is 23.4 Å². The number of likely N-dealkylation sites (tertiary alicyclic amines) is 1. The highest BCUT2D eigenvalue weighted by atomic mass is 16.2. The molecule has 7 heteroatoms. The zero-order chi connectivity index (χ0) is 20.9. The fourth-order valence-corrected chi connectivity index (χ4v) is 3.78. The highest BCUT2D eigenvalue weighted by molar-refractivity contribution is 5.91. The second kappa shape index (κ2) is 8.90. The Morgan fingerprint density at radius 3 is 2.73 bits per heavy atom. The molecule has 0 saturated carbocycles. The first-order valence-electron chi connectivity index (χ1n) is 10.1. The van der Waals surface area contributed by atoms with Crippen molar-refractivity contribution in [3.05, 3.63) is 83.2 Å². The molecule has 1 aliphatic rings. The van der Waals surface area contributed by atoms with Gasteiger partial charge in [-0.15, -0.1) is 5.10 Å². The lowest BCUT2D eigenvalue weighted by Gasteiger charge is -2.16. The van der Waals surface area contributed by atoms with Crippen molar-refractivity contribution < 1.29 is 9.59 Å². The Balaban J connectivity index is 1.30. The van der Waals surface area contributed by atoms with E-state index < -0.39 is 0 Å². The maximum Gasteiger partial charge on any atom is 0.273 e. The second-order valence-corrected chi connectivity index (χ2v) is 7.83. The van der Waals surface area contributed by atoms with Crippen LogP contribution in [0.2, 0.25) is 0 Å². The molecule has 1 aliphatic heterocycles. The monoisotopic (exact) mass is 403 g/mol. The van der Waals surface area contributed by atoms with Crippen LogP contribution in [0.1, 0.15) is 33.6 Å². The minimum atomic E-state index is -0.254. The quantitative estimate of drug-likeness (QED) is 0.658. The standard InChI is InChI=1S/C23H25N5O2/c1-17-6-5-9-19(10-17)12-24-23(30)21-16-28(26-25-21)15-20-11-22(29)27(14-20)13-18-7-3-2-4-8-18/h2-10,16,20H,11-15H2,1H3,(H,24,30). The Kier molecular flexibility index (Phi) is 5.88. The van der Waals surface area contributed by atoms with E-state index in [0.29, 0.717) is 32.6 Å². The lowest BCUT2D eigenvalue weighted by atomic mass is 10.1. The lowest BCUT2D eigenvalue weighted by Crippen LogP contribution is -2.25. The molecular formula is C23H25N5O2. The van der Waals surface area contributed by atoms with Crippen molar-refractivity contribution >= 4 is 11.8 Å². The fourth-order valence-electron chi connectivity index (χ4n) is 3.78. The Bertz CT molecular complexity index is 1030. The number of hydrogen-bond acceptors (Lipinski definition) is 4. The summed E-state index contributed by atoms with van der Waals surface area (Å²) in [6.07, 6.45) is 2.14. The van der Waals surface area contributed by atoms with Crippen LogP contribution in [0.3, 0.4) is 0 Å². The molecule has 1 atom stereocenters. The van der Waals surface area contributed by atoms with Gasteiger partial charge < -0.3 is 10.2 Å². The molecule has 1 saturated heterocycles. The van der Waals surface area contributed by atoms with Gasteiger partial charge in [0.1, 0.15) is 0 Å². The van der Waals surface area contributed by atoms with Crippen molar-refractivity contribution in [3.63, 3.8) is 0 Å². The molecule has 2 aromatic carbocycles. The topological polar surface area (TPSA) is 80.1 Å². The van der Waals surface area contributed by atoms with Crippen LogP contribution in [-0.4, -0.2) is 38.3 Å². The summed E-state index contributed by atoms with van der Waals surface area (Å²) in [4.78, 5) is 26.6. The SMILES string of the molecule is Cc1cccc(CNC(=O)c2cn(CC3CC(=O)N(Cc4ccccc4)C3)nn2)c1. The van der Waals surface area contributed by atoms with Gasteiger partial charge in [-0.2, -0.15) is 0 Å². The number of amides is 2. The molecule has 1 unspecified atom stereocenters. The predicted octanol–water partition coefficient (Wildman–Crippen LogP) is 2.57. The number of hydrogen-bond donors (Lipinski definition) is 1. The van der Waals surface area contributed by atoms with E-state index in [2.05, 4.69) is 15.6 Å². The number of aryl methyl sites for hydroxylation is 1. The summed E-state index contributed by atoms with van der Waals surface area (Å²) in [6.45, 7) is 4.34. The first-order valence-corrected chi connectivity index (χ1v) is 10.1. The van der Waals surface area contributed by atoms with E-state index >= 15 is 0 Å². The van der Waals surface area contributed by atoms with Gasteiger partial charge in [0, 0.05) is 38.5 Å². The molecule has 3 aromatic rings.